The van der Waals surface area contributed by atoms with E-state index in [0.29, 0.717) is 30.0 Å². The van der Waals surface area contributed by atoms with Gasteiger partial charge < -0.3 is 26.0 Å². The summed E-state index contributed by atoms with van der Waals surface area (Å²) in [4.78, 5) is 19.1. The lowest BCUT2D eigenvalue weighted by Crippen LogP contribution is -2.37. The molecule has 1 aromatic carbocycles. The number of aromatic nitrogens is 3. The number of hydrogen-bond donors (Lipinski definition) is 4. The number of nitrogens with one attached hydrogen (secondary N) is 3. The van der Waals surface area contributed by atoms with Crippen molar-refractivity contribution in [1.82, 2.24) is 19.7 Å². The second-order valence-corrected chi connectivity index (χ2v) is 9.18. The number of benzene rings is 1. The zero-order chi connectivity index (χ0) is 28.2. The first kappa shape index (κ1) is 28.6. The van der Waals surface area contributed by atoms with E-state index in [0.717, 1.165) is 17.8 Å². The SMILES string of the molecule is Cc1ncc(C(=O)Nc2cc(NCCN(C)C)cc(C(F)(F)F)c2)cc1N(N)CC(=N)c1cnn(C)c1C. The second kappa shape index (κ2) is 11.6. The number of anilines is 3. The fourth-order valence-electron chi connectivity index (χ4n) is 3.66. The summed E-state index contributed by atoms with van der Waals surface area (Å²) >= 11 is 0. The molecule has 0 fully saturated rings. The van der Waals surface area contributed by atoms with Gasteiger partial charge in [0.15, 0.2) is 0 Å². The highest BCUT2D eigenvalue weighted by molar-refractivity contribution is 6.05. The van der Waals surface area contributed by atoms with Crippen molar-refractivity contribution in [1.29, 1.82) is 5.41 Å². The zero-order valence-corrected chi connectivity index (χ0v) is 21.9. The molecule has 0 saturated heterocycles. The van der Waals surface area contributed by atoms with Crippen molar-refractivity contribution < 1.29 is 18.0 Å². The van der Waals surface area contributed by atoms with E-state index in [-0.39, 0.29) is 29.2 Å². The van der Waals surface area contributed by atoms with Crippen LogP contribution in [0.2, 0.25) is 0 Å². The highest BCUT2D eigenvalue weighted by atomic mass is 19.4. The van der Waals surface area contributed by atoms with Gasteiger partial charge in [0.25, 0.3) is 5.91 Å². The number of carbonyl (C=O) groups is 1. The Labute approximate surface area is 219 Å². The van der Waals surface area contributed by atoms with Gasteiger partial charge in [-0.2, -0.15) is 18.3 Å². The molecular weight excluding hydrogens is 499 g/mol. The van der Waals surface area contributed by atoms with E-state index in [2.05, 4.69) is 20.7 Å². The largest absolute Gasteiger partial charge is 0.416 e. The predicted octanol–water partition coefficient (Wildman–Crippen LogP) is 3.42. The maximum absolute atomic E-state index is 13.5. The lowest BCUT2D eigenvalue weighted by molar-refractivity contribution is -0.137. The number of amides is 1. The summed E-state index contributed by atoms with van der Waals surface area (Å²) in [6.45, 7) is 4.60. The minimum Gasteiger partial charge on any atom is -0.384 e. The van der Waals surface area contributed by atoms with E-state index in [4.69, 9.17) is 11.3 Å². The third-order valence-corrected chi connectivity index (χ3v) is 5.93. The molecule has 0 spiro atoms. The minimum absolute atomic E-state index is 0.0160. The van der Waals surface area contributed by atoms with Crippen LogP contribution < -0.4 is 21.5 Å². The molecule has 3 aromatic rings. The standard InChI is InChI=1S/C25H32F3N9O/c1-15-23(37(30)14-22(29)21-13-33-36(5)16(21)2)8-17(12-32-15)24(38)34-20-10-18(25(26,27)28)9-19(11-20)31-6-7-35(3)4/h8-13,29,31H,6-7,14,30H2,1-5H3,(H,34,38). The number of pyridine rings is 1. The quantitative estimate of drug-likeness (QED) is 0.179. The number of hydrogen-bond acceptors (Lipinski definition) is 8. The molecule has 0 saturated carbocycles. The molecule has 13 heteroatoms. The molecule has 1 amide bonds. The Morgan fingerprint density at radius 2 is 1.82 bits per heavy atom. The Hall–Kier alpha value is -3.97. The number of likely N-dealkylation sites (N-methyl/N-ethyl adjacent to an activating group) is 1. The monoisotopic (exact) mass is 531 g/mol. The molecule has 38 heavy (non-hydrogen) atoms. The smallest absolute Gasteiger partial charge is 0.384 e. The van der Waals surface area contributed by atoms with Gasteiger partial charge in [-0.05, 0) is 52.2 Å². The topological polar surface area (TPSA) is 128 Å². The van der Waals surface area contributed by atoms with Crippen molar-refractivity contribution in [3.63, 3.8) is 0 Å². The lowest BCUT2D eigenvalue weighted by atomic mass is 10.1. The van der Waals surface area contributed by atoms with Gasteiger partial charge in [0.2, 0.25) is 0 Å². The van der Waals surface area contributed by atoms with Crippen LogP contribution in [0, 0.1) is 19.3 Å². The molecule has 2 aromatic heterocycles. The Balaban J connectivity index is 1.80. The summed E-state index contributed by atoms with van der Waals surface area (Å²) in [7, 11) is 5.49. The normalized spacial score (nSPS) is 11.5. The van der Waals surface area contributed by atoms with E-state index in [9.17, 15) is 18.0 Å². The molecule has 5 N–H and O–H groups in total. The number of hydrazine groups is 1. The summed E-state index contributed by atoms with van der Waals surface area (Å²) in [5, 5.41) is 19.3. The van der Waals surface area contributed by atoms with E-state index < -0.39 is 17.6 Å². The lowest BCUT2D eigenvalue weighted by Gasteiger charge is -2.21. The molecule has 0 aliphatic carbocycles. The fraction of sp³-hybridized carbons (Fsp3) is 0.360. The van der Waals surface area contributed by atoms with Gasteiger partial charge in [-0.15, -0.1) is 0 Å². The van der Waals surface area contributed by atoms with Crippen molar-refractivity contribution in [2.45, 2.75) is 20.0 Å². The Morgan fingerprint density at radius 1 is 1.13 bits per heavy atom. The third-order valence-electron chi connectivity index (χ3n) is 5.93. The van der Waals surface area contributed by atoms with E-state index >= 15 is 0 Å². The van der Waals surface area contributed by atoms with Gasteiger partial charge in [-0.3, -0.25) is 14.5 Å². The first-order valence-corrected chi connectivity index (χ1v) is 11.7. The highest BCUT2D eigenvalue weighted by Crippen LogP contribution is 2.33. The maximum atomic E-state index is 13.5. The molecule has 0 radical (unpaired) electrons. The third kappa shape index (κ3) is 7.07. The number of aryl methyl sites for hydroxylation is 2. The zero-order valence-electron chi connectivity index (χ0n) is 21.9. The predicted molar refractivity (Wildman–Crippen MR) is 142 cm³/mol. The van der Waals surface area contributed by atoms with Crippen LogP contribution in [0.3, 0.4) is 0 Å². The van der Waals surface area contributed by atoms with Gasteiger partial charge in [0.1, 0.15) is 0 Å². The van der Waals surface area contributed by atoms with Crippen LogP contribution in [-0.2, 0) is 13.2 Å². The second-order valence-electron chi connectivity index (χ2n) is 9.18. The molecule has 2 heterocycles. The van der Waals surface area contributed by atoms with Crippen molar-refractivity contribution >= 4 is 28.7 Å². The van der Waals surface area contributed by atoms with Crippen molar-refractivity contribution in [3.8, 4) is 0 Å². The van der Waals surface area contributed by atoms with Crippen molar-refractivity contribution in [2.75, 3.05) is 49.4 Å². The van der Waals surface area contributed by atoms with Gasteiger partial charge >= 0.3 is 6.18 Å². The van der Waals surface area contributed by atoms with Crippen LogP contribution in [0.5, 0.6) is 0 Å². The van der Waals surface area contributed by atoms with Crippen LogP contribution in [0.4, 0.5) is 30.2 Å². The molecule has 0 aliphatic heterocycles. The fourth-order valence-corrected chi connectivity index (χ4v) is 3.66. The summed E-state index contributed by atoms with van der Waals surface area (Å²) < 4.78 is 42.1. The van der Waals surface area contributed by atoms with E-state index in [1.165, 1.54) is 23.3 Å². The summed E-state index contributed by atoms with van der Waals surface area (Å²) in [5.74, 6) is 5.58. The highest BCUT2D eigenvalue weighted by Gasteiger charge is 2.31. The first-order valence-electron chi connectivity index (χ1n) is 11.7. The molecule has 0 bridgehead atoms. The Bertz CT molecular complexity index is 1320. The van der Waals surface area contributed by atoms with Crippen LogP contribution >= 0.6 is 0 Å². The molecule has 204 valence electrons. The van der Waals surface area contributed by atoms with Crippen LogP contribution in [0.1, 0.15) is 32.9 Å². The molecule has 0 unspecified atom stereocenters. The van der Waals surface area contributed by atoms with Crippen LogP contribution in [0.15, 0.2) is 36.7 Å². The average molecular weight is 532 g/mol. The Kier molecular flexibility index (Phi) is 8.74. The van der Waals surface area contributed by atoms with E-state index in [1.807, 2.05) is 25.9 Å². The molecule has 3 rings (SSSR count). The van der Waals surface area contributed by atoms with Gasteiger partial charge in [0.05, 0.1) is 41.0 Å². The maximum Gasteiger partial charge on any atom is 0.416 e. The van der Waals surface area contributed by atoms with Gasteiger partial charge in [-0.25, -0.2) is 5.84 Å². The molecule has 0 aliphatic rings. The Morgan fingerprint density at radius 3 is 2.42 bits per heavy atom. The molecule has 10 nitrogen and oxygen atoms in total. The minimum atomic E-state index is -4.59. The van der Waals surface area contributed by atoms with Gasteiger partial charge in [0, 0.05) is 49.0 Å². The van der Waals surface area contributed by atoms with Gasteiger partial charge in [-0.1, -0.05) is 0 Å². The first-order chi connectivity index (χ1) is 17.8. The van der Waals surface area contributed by atoms with Crippen molar-refractivity contribution in [2.24, 2.45) is 12.9 Å². The summed E-state index contributed by atoms with van der Waals surface area (Å²) in [6.07, 6.45) is -1.68. The van der Waals surface area contributed by atoms with Crippen molar-refractivity contribution in [3.05, 3.63) is 64.7 Å². The van der Waals surface area contributed by atoms with Crippen LogP contribution in [-0.4, -0.2) is 65.0 Å². The number of nitrogens with two attached hydrogens (primary N) is 1. The molecular formula is C25H32F3N9O. The summed E-state index contributed by atoms with van der Waals surface area (Å²) in [6, 6.07) is 4.81. The van der Waals surface area contributed by atoms with Crippen LogP contribution in [0.25, 0.3) is 0 Å². The number of halogens is 3. The molecule has 0 atom stereocenters. The summed E-state index contributed by atoms with van der Waals surface area (Å²) in [5.41, 5.74) is 2.03. The number of rotatable bonds is 10. The average Bonchev–Trinajstić information content (AvgIpc) is 3.16. The number of carbonyl (C=O) groups excluding carboxylic acids is 1. The number of nitrogens with zero attached hydrogens (tertiary/aromatic N) is 5. The van der Waals surface area contributed by atoms with E-state index in [1.54, 1.807) is 24.9 Å². The number of alkyl halides is 3.